The number of hydrogen-bond donors (Lipinski definition) is 3. The third kappa shape index (κ3) is 3.16. The van der Waals surface area contributed by atoms with Gasteiger partial charge in [-0.25, -0.2) is 4.79 Å². The zero-order valence-corrected chi connectivity index (χ0v) is 11.7. The lowest BCUT2D eigenvalue weighted by atomic mass is 10.00. The lowest BCUT2D eigenvalue weighted by molar-refractivity contribution is -0.268. The minimum atomic E-state index is -1.44. The second-order valence-electron chi connectivity index (χ2n) is 4.79. The Balaban J connectivity index is 2.20. The highest BCUT2D eigenvalue weighted by atomic mass is 16.7. The molecule has 0 amide bonds. The van der Waals surface area contributed by atoms with Crippen LogP contribution >= 0.6 is 0 Å². The maximum absolute atomic E-state index is 11.6. The van der Waals surface area contributed by atoms with E-state index in [9.17, 15) is 20.1 Å². The first-order valence-electron chi connectivity index (χ1n) is 6.49. The van der Waals surface area contributed by atoms with Crippen molar-refractivity contribution >= 4 is 5.97 Å². The zero-order chi connectivity index (χ0) is 15.6. The Bertz CT molecular complexity index is 504. The molecule has 5 atom stereocenters. The van der Waals surface area contributed by atoms with Crippen LogP contribution in [0.1, 0.15) is 17.3 Å². The molecule has 0 spiro atoms. The van der Waals surface area contributed by atoms with Gasteiger partial charge in [-0.2, -0.15) is 0 Å². The van der Waals surface area contributed by atoms with Gasteiger partial charge in [0.2, 0.25) is 6.29 Å². The largest absolute Gasteiger partial charge is 0.465 e. The first-order valence-corrected chi connectivity index (χ1v) is 6.49. The van der Waals surface area contributed by atoms with Crippen molar-refractivity contribution in [3.8, 4) is 5.75 Å². The van der Waals surface area contributed by atoms with Crippen LogP contribution < -0.4 is 4.74 Å². The molecule has 1 fully saturated rings. The van der Waals surface area contributed by atoms with Crippen LogP contribution in [0.25, 0.3) is 0 Å². The molecule has 7 heteroatoms. The average molecular weight is 298 g/mol. The fourth-order valence-electron chi connectivity index (χ4n) is 2.08. The van der Waals surface area contributed by atoms with Gasteiger partial charge in [-0.15, -0.1) is 0 Å². The summed E-state index contributed by atoms with van der Waals surface area (Å²) < 4.78 is 15.4. The third-order valence-corrected chi connectivity index (χ3v) is 3.34. The molecule has 0 aromatic heterocycles. The van der Waals surface area contributed by atoms with Gasteiger partial charge in [-0.05, 0) is 19.1 Å². The Labute approximate surface area is 121 Å². The molecular weight excluding hydrogens is 280 g/mol. The summed E-state index contributed by atoms with van der Waals surface area (Å²) in [6.07, 6.45) is -5.98. The second kappa shape index (κ2) is 6.40. The van der Waals surface area contributed by atoms with Crippen LogP contribution in [0.3, 0.4) is 0 Å². The van der Waals surface area contributed by atoms with E-state index in [0.29, 0.717) is 0 Å². The lowest BCUT2D eigenvalue weighted by Crippen LogP contribution is -2.58. The third-order valence-electron chi connectivity index (χ3n) is 3.34. The Morgan fingerprint density at radius 3 is 2.48 bits per heavy atom. The molecule has 116 valence electrons. The molecule has 1 aromatic carbocycles. The van der Waals surface area contributed by atoms with Gasteiger partial charge in [0.05, 0.1) is 13.2 Å². The lowest BCUT2D eigenvalue weighted by Gasteiger charge is -2.39. The molecule has 0 unspecified atom stereocenters. The van der Waals surface area contributed by atoms with Gasteiger partial charge in [0.1, 0.15) is 29.6 Å². The molecule has 2 rings (SSSR count). The molecule has 1 aliphatic heterocycles. The first-order chi connectivity index (χ1) is 9.95. The predicted molar refractivity (Wildman–Crippen MR) is 70.8 cm³/mol. The van der Waals surface area contributed by atoms with Crippen LogP contribution in [0.5, 0.6) is 5.75 Å². The quantitative estimate of drug-likeness (QED) is 0.657. The van der Waals surface area contributed by atoms with E-state index in [0.717, 1.165) is 0 Å². The summed E-state index contributed by atoms with van der Waals surface area (Å²) in [5, 5.41) is 29.3. The van der Waals surface area contributed by atoms with E-state index in [2.05, 4.69) is 4.74 Å². The molecule has 7 nitrogen and oxygen atoms in total. The SMILES string of the molecule is COC(=O)c1ccccc1O[C@@H]1O[C@@H](C)[C@H](O)[C@@H](O)[C@H]1O. The Morgan fingerprint density at radius 2 is 1.81 bits per heavy atom. The van der Waals surface area contributed by atoms with Crippen molar-refractivity contribution in [1.29, 1.82) is 0 Å². The van der Waals surface area contributed by atoms with Crippen molar-refractivity contribution in [2.75, 3.05) is 7.11 Å². The molecule has 1 saturated heterocycles. The average Bonchev–Trinajstić information content (AvgIpc) is 2.50. The Morgan fingerprint density at radius 1 is 1.14 bits per heavy atom. The van der Waals surface area contributed by atoms with E-state index in [1.165, 1.54) is 19.2 Å². The minimum Gasteiger partial charge on any atom is -0.465 e. The van der Waals surface area contributed by atoms with E-state index in [4.69, 9.17) is 9.47 Å². The molecule has 1 heterocycles. The molecule has 21 heavy (non-hydrogen) atoms. The van der Waals surface area contributed by atoms with E-state index < -0.39 is 36.7 Å². The number of hydrogen-bond acceptors (Lipinski definition) is 7. The monoisotopic (exact) mass is 298 g/mol. The Kier molecular flexibility index (Phi) is 4.79. The van der Waals surface area contributed by atoms with Gasteiger partial charge in [0.25, 0.3) is 0 Å². The van der Waals surface area contributed by atoms with Gasteiger partial charge in [0.15, 0.2) is 0 Å². The number of carbonyl (C=O) groups is 1. The Hall–Kier alpha value is -1.67. The molecule has 0 saturated carbocycles. The van der Waals surface area contributed by atoms with E-state index in [1.807, 2.05) is 0 Å². The van der Waals surface area contributed by atoms with Crippen molar-refractivity contribution in [2.45, 2.75) is 37.6 Å². The van der Waals surface area contributed by atoms with Gasteiger partial charge >= 0.3 is 5.97 Å². The zero-order valence-electron chi connectivity index (χ0n) is 11.7. The summed E-state index contributed by atoms with van der Waals surface area (Å²) >= 11 is 0. The summed E-state index contributed by atoms with van der Waals surface area (Å²) in [5.74, 6) is -0.436. The highest BCUT2D eigenvalue weighted by Gasteiger charge is 2.43. The maximum Gasteiger partial charge on any atom is 0.341 e. The second-order valence-corrected chi connectivity index (χ2v) is 4.79. The number of para-hydroxylation sites is 1. The van der Waals surface area contributed by atoms with Crippen LogP contribution in [0.15, 0.2) is 24.3 Å². The van der Waals surface area contributed by atoms with E-state index in [1.54, 1.807) is 19.1 Å². The van der Waals surface area contributed by atoms with Gasteiger partial charge in [0, 0.05) is 0 Å². The number of rotatable bonds is 3. The number of methoxy groups -OCH3 is 1. The fourth-order valence-corrected chi connectivity index (χ4v) is 2.08. The van der Waals surface area contributed by atoms with Crippen LogP contribution in [0, 0.1) is 0 Å². The van der Waals surface area contributed by atoms with Crippen molar-refractivity contribution in [2.24, 2.45) is 0 Å². The number of benzene rings is 1. The number of esters is 1. The molecule has 1 aliphatic rings. The minimum absolute atomic E-state index is 0.157. The van der Waals surface area contributed by atoms with Crippen molar-refractivity contribution in [1.82, 2.24) is 0 Å². The smallest absolute Gasteiger partial charge is 0.341 e. The predicted octanol–water partition coefficient (Wildman–Crippen LogP) is -0.321. The summed E-state index contributed by atoms with van der Waals surface area (Å²) in [6.45, 7) is 1.54. The van der Waals surface area contributed by atoms with Gasteiger partial charge in [-0.1, -0.05) is 12.1 Å². The normalized spacial score (nSPS) is 32.5. The molecular formula is C14H18O7. The highest BCUT2D eigenvalue weighted by molar-refractivity contribution is 5.92. The van der Waals surface area contributed by atoms with E-state index in [-0.39, 0.29) is 11.3 Å². The first kappa shape index (κ1) is 15.7. The molecule has 0 bridgehead atoms. The summed E-state index contributed by atoms with van der Waals surface area (Å²) in [6, 6.07) is 6.31. The molecule has 1 aromatic rings. The van der Waals surface area contributed by atoms with Crippen molar-refractivity contribution < 1.29 is 34.3 Å². The summed E-state index contributed by atoms with van der Waals surface area (Å²) in [7, 11) is 1.24. The highest BCUT2D eigenvalue weighted by Crippen LogP contribution is 2.26. The molecule has 0 aliphatic carbocycles. The van der Waals surface area contributed by atoms with Gasteiger partial charge in [-0.3, -0.25) is 0 Å². The van der Waals surface area contributed by atoms with Crippen molar-refractivity contribution in [3.05, 3.63) is 29.8 Å². The fraction of sp³-hybridized carbons (Fsp3) is 0.500. The number of ether oxygens (including phenoxy) is 3. The van der Waals surface area contributed by atoms with E-state index >= 15 is 0 Å². The molecule has 0 radical (unpaired) electrons. The number of carbonyl (C=O) groups excluding carboxylic acids is 1. The standard InChI is InChI=1S/C14H18O7/c1-7-10(15)11(16)12(17)14(20-7)21-9-6-4-3-5-8(9)13(18)19-2/h3-7,10-12,14-17H,1-2H3/t7-,10-,11+,12+,14-/m0/s1. The van der Waals surface area contributed by atoms with Gasteiger partial charge < -0.3 is 29.5 Å². The van der Waals surface area contributed by atoms with Crippen LogP contribution in [0.2, 0.25) is 0 Å². The number of aliphatic hydroxyl groups is 3. The van der Waals surface area contributed by atoms with Crippen LogP contribution in [-0.4, -0.2) is 59.1 Å². The number of aliphatic hydroxyl groups excluding tert-OH is 3. The van der Waals surface area contributed by atoms with Crippen molar-refractivity contribution in [3.63, 3.8) is 0 Å². The van der Waals surface area contributed by atoms with Crippen LogP contribution in [-0.2, 0) is 9.47 Å². The summed E-state index contributed by atoms with van der Waals surface area (Å²) in [5.41, 5.74) is 0.170. The topological polar surface area (TPSA) is 105 Å². The summed E-state index contributed by atoms with van der Waals surface area (Å²) in [4.78, 5) is 11.6. The molecule has 3 N–H and O–H groups in total. The maximum atomic E-state index is 11.6. The van der Waals surface area contributed by atoms with Crippen LogP contribution in [0.4, 0.5) is 0 Å².